The highest BCUT2D eigenvalue weighted by molar-refractivity contribution is 5.71. The number of esters is 3. The molecular weight excluding hydrogens is 841 g/mol. The SMILES string of the molecule is CC/C=C/C=C/C=C/C=C/CCCCCC(=O)OCC(COC(=O)CCCCCCCCCCCCCCCCCCCCC)OC(=O)CCCCCCC/C=C/C=C/C=C/CCCCCCC. The van der Waals surface area contributed by atoms with Gasteiger partial charge in [0.1, 0.15) is 13.2 Å². The van der Waals surface area contributed by atoms with Gasteiger partial charge in [0.15, 0.2) is 6.10 Å². The number of rotatable bonds is 51. The van der Waals surface area contributed by atoms with Crippen LogP contribution >= 0.6 is 0 Å². The maximum atomic E-state index is 12.8. The highest BCUT2D eigenvalue weighted by Crippen LogP contribution is 2.16. The van der Waals surface area contributed by atoms with Crippen molar-refractivity contribution in [3.8, 4) is 0 Å². The van der Waals surface area contributed by atoms with Crippen molar-refractivity contribution >= 4 is 17.9 Å². The molecule has 6 heteroatoms. The lowest BCUT2D eigenvalue weighted by Gasteiger charge is -2.18. The predicted molar refractivity (Wildman–Crippen MR) is 293 cm³/mol. The van der Waals surface area contributed by atoms with E-state index >= 15 is 0 Å². The van der Waals surface area contributed by atoms with E-state index in [0.29, 0.717) is 19.3 Å². The van der Waals surface area contributed by atoms with Crippen molar-refractivity contribution in [2.24, 2.45) is 0 Å². The van der Waals surface area contributed by atoms with Crippen LogP contribution in [0.5, 0.6) is 0 Å². The summed E-state index contributed by atoms with van der Waals surface area (Å²) in [7, 11) is 0. The summed E-state index contributed by atoms with van der Waals surface area (Å²) in [5.74, 6) is -0.950. The Bertz CT molecular complexity index is 1320. The number of hydrogen-bond donors (Lipinski definition) is 0. The summed E-state index contributed by atoms with van der Waals surface area (Å²) in [5, 5.41) is 0. The van der Waals surface area contributed by atoms with Gasteiger partial charge >= 0.3 is 17.9 Å². The number of ether oxygens (including phenoxy) is 3. The molecule has 0 saturated carbocycles. The summed E-state index contributed by atoms with van der Waals surface area (Å²) < 4.78 is 16.8. The van der Waals surface area contributed by atoms with Crippen LogP contribution in [-0.2, 0) is 28.6 Å². The second kappa shape index (κ2) is 56.2. The van der Waals surface area contributed by atoms with Gasteiger partial charge in [-0.15, -0.1) is 0 Å². The third-order valence-electron chi connectivity index (χ3n) is 12.3. The lowest BCUT2D eigenvalue weighted by Crippen LogP contribution is -2.30. The van der Waals surface area contributed by atoms with Crippen molar-refractivity contribution in [2.75, 3.05) is 13.2 Å². The Labute approximate surface area is 420 Å². The fourth-order valence-electron chi connectivity index (χ4n) is 7.98. The Balaban J connectivity index is 4.42. The van der Waals surface area contributed by atoms with Crippen LogP contribution in [0.25, 0.3) is 0 Å². The van der Waals surface area contributed by atoms with Crippen LogP contribution in [0.15, 0.2) is 85.1 Å². The van der Waals surface area contributed by atoms with Crippen LogP contribution in [0.1, 0.15) is 271 Å². The lowest BCUT2D eigenvalue weighted by molar-refractivity contribution is -0.167. The van der Waals surface area contributed by atoms with E-state index in [1.54, 1.807) is 0 Å². The van der Waals surface area contributed by atoms with Gasteiger partial charge in [-0.1, -0.05) is 273 Å². The van der Waals surface area contributed by atoms with Gasteiger partial charge in [-0.3, -0.25) is 14.4 Å². The molecule has 68 heavy (non-hydrogen) atoms. The molecule has 1 atom stereocenters. The van der Waals surface area contributed by atoms with E-state index in [2.05, 4.69) is 75.5 Å². The Morgan fingerprint density at radius 3 is 0.912 bits per heavy atom. The first-order valence-corrected chi connectivity index (χ1v) is 28.7. The second-order valence-electron chi connectivity index (χ2n) is 19.0. The summed E-state index contributed by atoms with van der Waals surface area (Å²) in [6, 6.07) is 0. The molecule has 0 heterocycles. The smallest absolute Gasteiger partial charge is 0.306 e. The summed E-state index contributed by atoms with van der Waals surface area (Å²) in [4.78, 5) is 38.1. The number of carbonyl (C=O) groups excluding carboxylic acids is 3. The molecule has 0 aliphatic heterocycles. The van der Waals surface area contributed by atoms with E-state index in [-0.39, 0.29) is 31.1 Å². The molecule has 1 unspecified atom stereocenters. The lowest BCUT2D eigenvalue weighted by atomic mass is 10.0. The zero-order chi connectivity index (χ0) is 49.3. The molecule has 0 aromatic rings. The Kier molecular flexibility index (Phi) is 53.4. The maximum absolute atomic E-state index is 12.8. The predicted octanol–water partition coefficient (Wildman–Crippen LogP) is 19.2. The number of carbonyl (C=O) groups is 3. The number of hydrogen-bond acceptors (Lipinski definition) is 6. The van der Waals surface area contributed by atoms with Crippen molar-refractivity contribution in [1.82, 2.24) is 0 Å². The molecule has 0 aromatic carbocycles. The zero-order valence-corrected chi connectivity index (χ0v) is 44.6. The summed E-state index contributed by atoms with van der Waals surface area (Å²) >= 11 is 0. The van der Waals surface area contributed by atoms with Crippen molar-refractivity contribution in [3.05, 3.63) is 85.1 Å². The van der Waals surface area contributed by atoms with Crippen LogP contribution in [-0.4, -0.2) is 37.2 Å². The normalized spacial score (nSPS) is 12.7. The van der Waals surface area contributed by atoms with Crippen LogP contribution in [0, 0.1) is 0 Å². The average Bonchev–Trinajstić information content (AvgIpc) is 3.34. The van der Waals surface area contributed by atoms with E-state index < -0.39 is 6.10 Å². The third kappa shape index (κ3) is 53.5. The molecule has 0 aliphatic rings. The van der Waals surface area contributed by atoms with E-state index in [9.17, 15) is 14.4 Å². The van der Waals surface area contributed by atoms with E-state index in [1.807, 2.05) is 30.4 Å². The molecule has 0 radical (unpaired) electrons. The van der Waals surface area contributed by atoms with Gasteiger partial charge in [-0.2, -0.15) is 0 Å². The minimum absolute atomic E-state index is 0.0961. The minimum atomic E-state index is -0.803. The minimum Gasteiger partial charge on any atom is -0.462 e. The number of allylic oxidation sites excluding steroid dienone is 14. The molecule has 0 N–H and O–H groups in total. The highest BCUT2D eigenvalue weighted by Gasteiger charge is 2.19. The summed E-state index contributed by atoms with van der Waals surface area (Å²) in [6.07, 6.45) is 72.9. The van der Waals surface area contributed by atoms with Crippen molar-refractivity contribution in [1.29, 1.82) is 0 Å². The molecule has 6 nitrogen and oxygen atoms in total. The van der Waals surface area contributed by atoms with Gasteiger partial charge in [-0.05, 0) is 64.2 Å². The molecular formula is C62H106O6. The quantitative estimate of drug-likeness (QED) is 0.0262. The fraction of sp³-hybridized carbons (Fsp3) is 0.726. The topological polar surface area (TPSA) is 78.9 Å². The molecule has 0 saturated heterocycles. The third-order valence-corrected chi connectivity index (χ3v) is 12.3. The molecule has 390 valence electrons. The van der Waals surface area contributed by atoms with Gasteiger partial charge in [-0.25, -0.2) is 0 Å². The van der Waals surface area contributed by atoms with Crippen LogP contribution in [0.3, 0.4) is 0 Å². The summed E-state index contributed by atoms with van der Waals surface area (Å²) in [6.45, 7) is 6.45. The molecule has 0 amide bonds. The van der Waals surface area contributed by atoms with E-state index in [0.717, 1.165) is 96.3 Å². The van der Waals surface area contributed by atoms with Crippen LogP contribution in [0.2, 0.25) is 0 Å². The second-order valence-corrected chi connectivity index (χ2v) is 19.0. The zero-order valence-electron chi connectivity index (χ0n) is 44.6. The van der Waals surface area contributed by atoms with E-state index in [1.165, 1.54) is 135 Å². The van der Waals surface area contributed by atoms with Gasteiger partial charge in [0.05, 0.1) is 0 Å². The van der Waals surface area contributed by atoms with E-state index in [4.69, 9.17) is 14.2 Å². The molecule has 0 bridgehead atoms. The van der Waals surface area contributed by atoms with Crippen LogP contribution < -0.4 is 0 Å². The van der Waals surface area contributed by atoms with Crippen LogP contribution in [0.4, 0.5) is 0 Å². The molecule has 0 spiro atoms. The first-order valence-electron chi connectivity index (χ1n) is 28.7. The monoisotopic (exact) mass is 947 g/mol. The van der Waals surface area contributed by atoms with Crippen molar-refractivity contribution < 1.29 is 28.6 Å². The first-order chi connectivity index (χ1) is 33.5. The summed E-state index contributed by atoms with van der Waals surface area (Å²) in [5.41, 5.74) is 0. The fourth-order valence-corrected chi connectivity index (χ4v) is 7.98. The van der Waals surface area contributed by atoms with Gasteiger partial charge < -0.3 is 14.2 Å². The Morgan fingerprint density at radius 1 is 0.309 bits per heavy atom. The molecule has 0 aromatic heterocycles. The molecule has 0 aliphatic carbocycles. The van der Waals surface area contributed by atoms with Crippen molar-refractivity contribution in [3.63, 3.8) is 0 Å². The average molecular weight is 948 g/mol. The Hall–Kier alpha value is -3.41. The largest absolute Gasteiger partial charge is 0.462 e. The van der Waals surface area contributed by atoms with Gasteiger partial charge in [0.2, 0.25) is 0 Å². The molecule has 0 fully saturated rings. The number of unbranched alkanes of at least 4 members (excludes halogenated alkanes) is 31. The highest BCUT2D eigenvalue weighted by atomic mass is 16.6. The standard InChI is InChI=1S/C62H106O6/c1-4-7-10-13-16-19-22-25-27-29-31-33-34-37-40-43-46-49-52-55-61(64)67-58-59(57-66-60(63)54-51-48-45-42-39-36-24-21-18-15-12-9-6-3)68-62(65)56-53-50-47-44-41-38-35-32-30-28-26-23-20-17-14-11-8-5-2/h9,12,15,18,21,23-24,26,28,30,32,35-36,39,59H,4-8,10-11,13-14,16-17,19-20,22,25,27,29,31,33-34,37-38,40-58H2,1-3H3/b12-9+,18-15+,24-21+,26-23+,30-28+,35-32+,39-36+. The van der Waals surface area contributed by atoms with Gasteiger partial charge in [0.25, 0.3) is 0 Å². The van der Waals surface area contributed by atoms with Gasteiger partial charge in [0, 0.05) is 19.3 Å². The van der Waals surface area contributed by atoms with Crippen molar-refractivity contribution in [2.45, 2.75) is 277 Å². The molecule has 0 rings (SSSR count). The maximum Gasteiger partial charge on any atom is 0.306 e. The first kappa shape index (κ1) is 64.6. The Morgan fingerprint density at radius 2 is 0.574 bits per heavy atom.